The molecule has 2 heterocycles. The van der Waals surface area contributed by atoms with E-state index in [1.807, 2.05) is 36.6 Å². The van der Waals surface area contributed by atoms with Gasteiger partial charge in [0, 0.05) is 17.4 Å². The van der Waals surface area contributed by atoms with E-state index in [2.05, 4.69) is 10.3 Å². The van der Waals surface area contributed by atoms with Crippen LogP contribution in [0.5, 0.6) is 5.75 Å². The number of fused-ring (bicyclic) bond motifs is 1. The number of nitrogens with zero attached hydrogens (tertiary/aromatic N) is 1. The van der Waals surface area contributed by atoms with Gasteiger partial charge in [0.25, 0.3) is 5.91 Å². The van der Waals surface area contributed by atoms with Crippen molar-refractivity contribution >= 4 is 23.2 Å². The summed E-state index contributed by atoms with van der Waals surface area (Å²) >= 11 is 1.48. The largest absolute Gasteiger partial charge is 0.493 e. The molecule has 24 heavy (non-hydrogen) atoms. The van der Waals surface area contributed by atoms with Crippen molar-refractivity contribution in [3.05, 3.63) is 45.9 Å². The van der Waals surface area contributed by atoms with Crippen molar-refractivity contribution in [2.24, 2.45) is 0 Å². The first-order valence-corrected chi connectivity index (χ1v) is 8.57. The van der Waals surface area contributed by atoms with Gasteiger partial charge in [0.1, 0.15) is 5.75 Å². The van der Waals surface area contributed by atoms with Gasteiger partial charge in [-0.2, -0.15) is 0 Å². The van der Waals surface area contributed by atoms with Crippen molar-refractivity contribution in [3.63, 3.8) is 0 Å². The van der Waals surface area contributed by atoms with E-state index >= 15 is 0 Å². The Kier molecular flexibility index (Phi) is 5.10. The third-order valence-electron chi connectivity index (χ3n) is 3.65. The van der Waals surface area contributed by atoms with Crippen LogP contribution in [0.25, 0.3) is 0 Å². The molecular formula is C17H18N2O4S. The zero-order valence-corrected chi connectivity index (χ0v) is 14.1. The number of carbonyl (C=O) groups excluding carboxylic acids is 2. The number of esters is 1. The van der Waals surface area contributed by atoms with Crippen LogP contribution in [-0.2, 0) is 20.7 Å². The van der Waals surface area contributed by atoms with E-state index in [0.29, 0.717) is 18.7 Å². The summed E-state index contributed by atoms with van der Waals surface area (Å²) in [6, 6.07) is 7.48. The van der Waals surface area contributed by atoms with E-state index in [-0.39, 0.29) is 25.0 Å². The molecule has 0 aliphatic carbocycles. The highest BCUT2D eigenvalue weighted by Crippen LogP contribution is 2.31. The number of benzene rings is 1. The summed E-state index contributed by atoms with van der Waals surface area (Å²) in [5, 5.41) is 5.60. The number of ether oxygens (including phenoxy) is 2. The quantitative estimate of drug-likeness (QED) is 0.840. The van der Waals surface area contributed by atoms with E-state index in [4.69, 9.17) is 9.47 Å². The molecule has 0 bridgehead atoms. The van der Waals surface area contributed by atoms with Gasteiger partial charge in [0.05, 0.1) is 29.8 Å². The summed E-state index contributed by atoms with van der Waals surface area (Å²) in [5.74, 6) is 0.00675. The lowest BCUT2D eigenvalue weighted by Gasteiger charge is -2.26. The first-order valence-electron chi connectivity index (χ1n) is 7.69. The summed E-state index contributed by atoms with van der Waals surface area (Å²) in [5.41, 5.74) is 1.61. The number of hydrogen-bond donors (Lipinski definition) is 1. The van der Waals surface area contributed by atoms with E-state index in [1.54, 1.807) is 0 Å². The molecule has 126 valence electrons. The summed E-state index contributed by atoms with van der Waals surface area (Å²) in [7, 11) is 0. The number of amides is 1. The van der Waals surface area contributed by atoms with Gasteiger partial charge in [0.2, 0.25) is 0 Å². The molecule has 0 radical (unpaired) electrons. The first-order chi connectivity index (χ1) is 11.6. The normalized spacial score (nSPS) is 16.0. The summed E-state index contributed by atoms with van der Waals surface area (Å²) in [6.07, 6.45) is 0.770. The van der Waals surface area contributed by atoms with Crippen molar-refractivity contribution in [1.29, 1.82) is 0 Å². The van der Waals surface area contributed by atoms with Crippen LogP contribution in [0, 0.1) is 6.92 Å². The minimum atomic E-state index is -0.456. The topological polar surface area (TPSA) is 77.5 Å². The smallest absolute Gasteiger partial charge is 0.312 e. The Bertz CT molecular complexity index is 744. The number of carbonyl (C=O) groups is 2. The number of thiazole rings is 1. The average Bonchev–Trinajstić information content (AvgIpc) is 2.98. The summed E-state index contributed by atoms with van der Waals surface area (Å²) in [6.45, 7) is 2.13. The van der Waals surface area contributed by atoms with Gasteiger partial charge in [-0.05, 0) is 13.0 Å². The molecule has 0 spiro atoms. The van der Waals surface area contributed by atoms with Crippen LogP contribution in [0.15, 0.2) is 29.6 Å². The minimum absolute atomic E-state index is 0.0811. The monoisotopic (exact) mass is 346 g/mol. The predicted octanol–water partition coefficient (Wildman–Crippen LogP) is 2.18. The van der Waals surface area contributed by atoms with Gasteiger partial charge in [-0.1, -0.05) is 18.2 Å². The van der Waals surface area contributed by atoms with E-state index in [9.17, 15) is 9.59 Å². The van der Waals surface area contributed by atoms with Gasteiger partial charge in [-0.25, -0.2) is 4.98 Å². The van der Waals surface area contributed by atoms with Crippen LogP contribution in [-0.4, -0.2) is 30.1 Å². The second-order valence-electron chi connectivity index (χ2n) is 5.49. The zero-order valence-electron chi connectivity index (χ0n) is 13.3. The second-order valence-corrected chi connectivity index (χ2v) is 6.55. The first kappa shape index (κ1) is 16.4. The molecule has 7 heteroatoms. The Hall–Kier alpha value is -2.41. The molecule has 1 aliphatic heterocycles. The summed E-state index contributed by atoms with van der Waals surface area (Å²) in [4.78, 5) is 28.0. The number of hydrogen-bond acceptors (Lipinski definition) is 6. The zero-order chi connectivity index (χ0) is 16.9. The number of aromatic nitrogens is 1. The van der Waals surface area contributed by atoms with E-state index in [1.165, 1.54) is 11.3 Å². The van der Waals surface area contributed by atoms with E-state index < -0.39 is 5.97 Å². The Morgan fingerprint density at radius 3 is 3.04 bits per heavy atom. The van der Waals surface area contributed by atoms with Crippen LogP contribution >= 0.6 is 11.3 Å². The fraction of sp³-hybridized carbons (Fsp3) is 0.353. The Morgan fingerprint density at radius 1 is 1.42 bits per heavy atom. The SMILES string of the molecule is Cc1nc(CC(=O)OCC(=O)N[C@@H]2CCOc3ccccc32)cs1. The maximum absolute atomic E-state index is 12.0. The van der Waals surface area contributed by atoms with Gasteiger partial charge in [-0.3, -0.25) is 9.59 Å². The molecule has 0 unspecified atom stereocenters. The predicted molar refractivity (Wildman–Crippen MR) is 89.0 cm³/mol. The van der Waals surface area contributed by atoms with Crippen LogP contribution in [0.3, 0.4) is 0 Å². The Morgan fingerprint density at radius 2 is 2.25 bits per heavy atom. The molecule has 1 atom stereocenters. The van der Waals surface area contributed by atoms with E-state index in [0.717, 1.165) is 16.3 Å². The standard InChI is InChI=1S/C17H18N2O4S/c1-11-18-12(10-24-11)8-17(21)23-9-16(20)19-14-6-7-22-15-5-3-2-4-13(14)15/h2-5,10,14H,6-9H2,1H3,(H,19,20)/t14-/m1/s1. The number of rotatable bonds is 5. The molecule has 1 aromatic heterocycles. The van der Waals surface area contributed by atoms with Crippen LogP contribution in [0.4, 0.5) is 0 Å². The van der Waals surface area contributed by atoms with Crippen LogP contribution in [0.1, 0.15) is 28.7 Å². The Balaban J connectivity index is 1.49. The summed E-state index contributed by atoms with van der Waals surface area (Å²) < 4.78 is 10.6. The Labute approximate surface area is 143 Å². The van der Waals surface area contributed by atoms with Crippen molar-refractivity contribution in [3.8, 4) is 5.75 Å². The lowest BCUT2D eigenvalue weighted by Crippen LogP contribution is -2.35. The lowest BCUT2D eigenvalue weighted by atomic mass is 10.0. The third kappa shape index (κ3) is 4.11. The molecule has 0 saturated heterocycles. The van der Waals surface area contributed by atoms with Crippen molar-refractivity contribution < 1.29 is 19.1 Å². The molecule has 1 aliphatic rings. The molecule has 0 fully saturated rings. The number of aryl methyl sites for hydroxylation is 1. The fourth-order valence-corrected chi connectivity index (χ4v) is 3.17. The van der Waals surface area contributed by atoms with Gasteiger partial charge >= 0.3 is 5.97 Å². The maximum atomic E-state index is 12.0. The van der Waals surface area contributed by atoms with Crippen molar-refractivity contribution in [1.82, 2.24) is 10.3 Å². The van der Waals surface area contributed by atoms with Crippen LogP contribution < -0.4 is 10.1 Å². The highest BCUT2D eigenvalue weighted by atomic mass is 32.1. The van der Waals surface area contributed by atoms with Crippen molar-refractivity contribution in [2.75, 3.05) is 13.2 Å². The maximum Gasteiger partial charge on any atom is 0.312 e. The van der Waals surface area contributed by atoms with Gasteiger partial charge in [0.15, 0.2) is 6.61 Å². The number of nitrogens with one attached hydrogen (secondary N) is 1. The van der Waals surface area contributed by atoms with Gasteiger partial charge < -0.3 is 14.8 Å². The molecule has 1 aromatic carbocycles. The molecular weight excluding hydrogens is 328 g/mol. The third-order valence-corrected chi connectivity index (χ3v) is 4.47. The average molecular weight is 346 g/mol. The van der Waals surface area contributed by atoms with Crippen molar-refractivity contribution in [2.45, 2.75) is 25.8 Å². The van der Waals surface area contributed by atoms with Gasteiger partial charge in [-0.15, -0.1) is 11.3 Å². The molecule has 2 aromatic rings. The fourth-order valence-electron chi connectivity index (χ4n) is 2.56. The molecule has 6 nitrogen and oxygen atoms in total. The second kappa shape index (κ2) is 7.44. The molecule has 1 amide bonds. The highest BCUT2D eigenvalue weighted by molar-refractivity contribution is 7.09. The minimum Gasteiger partial charge on any atom is -0.493 e. The molecule has 3 rings (SSSR count). The highest BCUT2D eigenvalue weighted by Gasteiger charge is 2.23. The van der Waals surface area contributed by atoms with Crippen LogP contribution in [0.2, 0.25) is 0 Å². The lowest BCUT2D eigenvalue weighted by molar-refractivity contribution is -0.148. The molecule has 0 saturated carbocycles. The number of para-hydroxylation sites is 1. The molecule has 1 N–H and O–H groups in total.